The van der Waals surface area contributed by atoms with Crippen molar-refractivity contribution in [3.8, 4) is 0 Å². The minimum absolute atomic E-state index is 0.0121. The number of hydrogen-bond donors (Lipinski definition) is 0. The van der Waals surface area contributed by atoms with E-state index < -0.39 is 0 Å². The van der Waals surface area contributed by atoms with Gasteiger partial charge < -0.3 is 9.42 Å². The first-order valence-electron chi connectivity index (χ1n) is 4.89. The van der Waals surface area contributed by atoms with Crippen molar-refractivity contribution in [3.63, 3.8) is 0 Å². The summed E-state index contributed by atoms with van der Waals surface area (Å²) in [6, 6.07) is 0. The molecule has 1 aliphatic heterocycles. The Hall–Kier alpha value is -0.910. The minimum atomic E-state index is -0.0121. The maximum absolute atomic E-state index is 11.5. The molecular formula is C9H12BrN3O2. The summed E-state index contributed by atoms with van der Waals surface area (Å²) in [7, 11) is 0. The highest BCUT2D eigenvalue weighted by Crippen LogP contribution is 2.18. The van der Waals surface area contributed by atoms with Crippen molar-refractivity contribution < 1.29 is 9.32 Å². The fraction of sp³-hybridized carbons (Fsp3) is 0.667. The first-order valence-corrected chi connectivity index (χ1v) is 5.80. The van der Waals surface area contributed by atoms with Crippen LogP contribution in [-0.2, 0) is 11.2 Å². The van der Waals surface area contributed by atoms with Gasteiger partial charge in [0.25, 0.3) is 0 Å². The van der Waals surface area contributed by atoms with Crippen molar-refractivity contribution in [2.24, 2.45) is 0 Å². The van der Waals surface area contributed by atoms with E-state index in [1.165, 1.54) is 0 Å². The summed E-state index contributed by atoms with van der Waals surface area (Å²) in [6.07, 6.45) is 1.51. The van der Waals surface area contributed by atoms with Gasteiger partial charge in [0.05, 0.1) is 4.83 Å². The summed E-state index contributed by atoms with van der Waals surface area (Å²) >= 11 is 3.33. The fourth-order valence-corrected chi connectivity index (χ4v) is 2.09. The van der Waals surface area contributed by atoms with Crippen LogP contribution in [0.15, 0.2) is 4.52 Å². The van der Waals surface area contributed by atoms with E-state index in [0.717, 1.165) is 13.0 Å². The highest BCUT2D eigenvalue weighted by molar-refractivity contribution is 9.10. The molecule has 1 amide bonds. The Bertz CT molecular complexity index is 366. The second kappa shape index (κ2) is 4.30. The molecule has 1 aromatic heterocycles. The van der Waals surface area contributed by atoms with Crippen molar-refractivity contribution in [2.45, 2.75) is 24.6 Å². The Morgan fingerprint density at radius 1 is 1.67 bits per heavy atom. The number of carbonyl (C=O) groups excluding carboxylic acids is 1. The van der Waals surface area contributed by atoms with Gasteiger partial charge in [0, 0.05) is 19.5 Å². The number of aromatic nitrogens is 2. The Morgan fingerprint density at radius 3 is 3.00 bits per heavy atom. The largest absolute Gasteiger partial charge is 0.341 e. The molecule has 0 aromatic carbocycles. The highest BCUT2D eigenvalue weighted by atomic mass is 79.9. The second-order valence-corrected chi connectivity index (χ2v) is 4.67. The first kappa shape index (κ1) is 10.6. The van der Waals surface area contributed by atoms with Gasteiger partial charge in [0.1, 0.15) is 0 Å². The van der Waals surface area contributed by atoms with Gasteiger partial charge in [0.2, 0.25) is 11.8 Å². The van der Waals surface area contributed by atoms with Gasteiger partial charge in [-0.2, -0.15) is 4.98 Å². The number of halogens is 1. The van der Waals surface area contributed by atoms with Crippen LogP contribution < -0.4 is 0 Å². The molecule has 2 heterocycles. The van der Waals surface area contributed by atoms with E-state index in [-0.39, 0.29) is 10.7 Å². The number of likely N-dealkylation sites (tertiary alicyclic amines) is 1. The Balaban J connectivity index is 1.86. The standard InChI is InChI=1S/C9H12BrN3O2/c1-6-11-8(15-12-6)3-5-13-4-2-7(10)9(13)14/h7H,2-5H2,1H3. The normalized spacial score (nSPS) is 21.3. The van der Waals surface area contributed by atoms with E-state index in [1.54, 1.807) is 6.92 Å². The Labute approximate surface area is 96.0 Å². The van der Waals surface area contributed by atoms with Gasteiger partial charge in [-0.3, -0.25) is 4.79 Å². The average molecular weight is 274 g/mol. The summed E-state index contributed by atoms with van der Waals surface area (Å²) in [5.74, 6) is 1.39. The zero-order chi connectivity index (χ0) is 10.8. The monoisotopic (exact) mass is 273 g/mol. The smallest absolute Gasteiger partial charge is 0.236 e. The minimum Gasteiger partial charge on any atom is -0.341 e. The molecule has 1 unspecified atom stereocenters. The van der Waals surface area contributed by atoms with E-state index in [0.29, 0.717) is 24.7 Å². The van der Waals surface area contributed by atoms with Gasteiger partial charge in [-0.25, -0.2) is 0 Å². The molecule has 0 saturated carbocycles. The molecule has 6 heteroatoms. The number of nitrogens with zero attached hydrogens (tertiary/aromatic N) is 3. The lowest BCUT2D eigenvalue weighted by atomic mass is 10.4. The van der Waals surface area contributed by atoms with E-state index >= 15 is 0 Å². The summed E-state index contributed by atoms with van der Waals surface area (Å²) in [5.41, 5.74) is 0. The molecule has 2 rings (SSSR count). The van der Waals surface area contributed by atoms with E-state index in [2.05, 4.69) is 26.1 Å². The average Bonchev–Trinajstić information content (AvgIpc) is 2.74. The Kier molecular flexibility index (Phi) is 3.04. The quantitative estimate of drug-likeness (QED) is 0.769. The van der Waals surface area contributed by atoms with E-state index in [1.807, 2.05) is 4.90 Å². The van der Waals surface area contributed by atoms with Gasteiger partial charge in [-0.1, -0.05) is 21.1 Å². The number of aryl methyl sites for hydroxylation is 1. The molecule has 1 aromatic rings. The fourth-order valence-electron chi connectivity index (χ4n) is 1.60. The number of hydrogen-bond acceptors (Lipinski definition) is 4. The zero-order valence-corrected chi connectivity index (χ0v) is 10.0. The molecule has 1 saturated heterocycles. The summed E-state index contributed by atoms with van der Waals surface area (Å²) in [5, 5.41) is 3.70. The maximum atomic E-state index is 11.5. The molecule has 1 atom stereocenters. The van der Waals surface area contributed by atoms with Crippen LogP contribution in [0.2, 0.25) is 0 Å². The lowest BCUT2D eigenvalue weighted by Gasteiger charge is -2.13. The van der Waals surface area contributed by atoms with Crippen molar-refractivity contribution in [3.05, 3.63) is 11.7 Å². The van der Waals surface area contributed by atoms with Crippen LogP contribution in [0.25, 0.3) is 0 Å². The van der Waals surface area contributed by atoms with Crippen LogP contribution in [-0.4, -0.2) is 38.9 Å². The third-order valence-electron chi connectivity index (χ3n) is 2.40. The summed E-state index contributed by atoms with van der Waals surface area (Å²) in [4.78, 5) is 17.4. The SMILES string of the molecule is Cc1noc(CCN2CCC(Br)C2=O)n1. The molecule has 1 aliphatic rings. The molecule has 15 heavy (non-hydrogen) atoms. The third-order valence-corrected chi connectivity index (χ3v) is 3.25. The lowest BCUT2D eigenvalue weighted by Crippen LogP contribution is -2.29. The second-order valence-electron chi connectivity index (χ2n) is 3.57. The van der Waals surface area contributed by atoms with Crippen molar-refractivity contribution in [2.75, 3.05) is 13.1 Å². The van der Waals surface area contributed by atoms with Crippen LogP contribution in [0, 0.1) is 6.92 Å². The van der Waals surface area contributed by atoms with Crippen LogP contribution in [0.5, 0.6) is 0 Å². The number of alkyl halides is 1. The van der Waals surface area contributed by atoms with E-state index in [4.69, 9.17) is 4.52 Å². The molecule has 0 radical (unpaired) electrons. The lowest BCUT2D eigenvalue weighted by molar-refractivity contribution is -0.127. The molecule has 1 fully saturated rings. The van der Waals surface area contributed by atoms with Crippen LogP contribution in [0.3, 0.4) is 0 Å². The molecule has 0 aliphatic carbocycles. The molecule has 5 nitrogen and oxygen atoms in total. The third kappa shape index (κ3) is 2.37. The van der Waals surface area contributed by atoms with Crippen molar-refractivity contribution in [1.82, 2.24) is 15.0 Å². The molecule has 0 bridgehead atoms. The molecular weight excluding hydrogens is 262 g/mol. The Morgan fingerprint density at radius 2 is 2.47 bits per heavy atom. The molecule has 0 spiro atoms. The van der Waals surface area contributed by atoms with Crippen molar-refractivity contribution in [1.29, 1.82) is 0 Å². The van der Waals surface area contributed by atoms with Crippen LogP contribution in [0.4, 0.5) is 0 Å². The van der Waals surface area contributed by atoms with Gasteiger partial charge in [0.15, 0.2) is 5.82 Å². The van der Waals surface area contributed by atoms with E-state index in [9.17, 15) is 4.79 Å². The molecule has 0 N–H and O–H groups in total. The number of rotatable bonds is 3. The molecule has 82 valence electrons. The predicted molar refractivity (Wildman–Crippen MR) is 56.7 cm³/mol. The van der Waals surface area contributed by atoms with Crippen LogP contribution in [0.1, 0.15) is 18.1 Å². The first-order chi connectivity index (χ1) is 7.16. The van der Waals surface area contributed by atoms with Crippen molar-refractivity contribution >= 4 is 21.8 Å². The topological polar surface area (TPSA) is 59.2 Å². The van der Waals surface area contributed by atoms with Gasteiger partial charge >= 0.3 is 0 Å². The summed E-state index contributed by atoms with van der Waals surface area (Å²) < 4.78 is 4.98. The predicted octanol–water partition coefficient (Wildman–Crippen LogP) is 0.916. The number of amides is 1. The van der Waals surface area contributed by atoms with Gasteiger partial charge in [-0.15, -0.1) is 0 Å². The summed E-state index contributed by atoms with van der Waals surface area (Å²) in [6.45, 7) is 3.24. The maximum Gasteiger partial charge on any atom is 0.236 e. The van der Waals surface area contributed by atoms with Gasteiger partial charge in [-0.05, 0) is 13.3 Å². The highest BCUT2D eigenvalue weighted by Gasteiger charge is 2.29. The van der Waals surface area contributed by atoms with Crippen LogP contribution >= 0.6 is 15.9 Å². The zero-order valence-electron chi connectivity index (χ0n) is 8.44. The number of carbonyl (C=O) groups is 1.